The van der Waals surface area contributed by atoms with Crippen molar-refractivity contribution < 1.29 is 9.53 Å². The Hall–Kier alpha value is -1.47. The van der Waals surface area contributed by atoms with E-state index in [0.29, 0.717) is 37.9 Å². The van der Waals surface area contributed by atoms with Gasteiger partial charge in [-0.1, -0.05) is 5.21 Å². The number of hydrogen-bond acceptors (Lipinski definition) is 5. The van der Waals surface area contributed by atoms with Crippen molar-refractivity contribution in [3.63, 3.8) is 0 Å². The van der Waals surface area contributed by atoms with Gasteiger partial charge in [0.15, 0.2) is 5.69 Å². The van der Waals surface area contributed by atoms with Gasteiger partial charge in [-0.15, -0.1) is 5.10 Å². The largest absolute Gasteiger partial charge is 0.383 e. The zero-order chi connectivity index (χ0) is 14.5. The SMILES string of the molecule is COCCN(C(=O)c1cn(CCN)nn1)C(C)C1CC1. The number of rotatable bonds is 8. The molecule has 1 unspecified atom stereocenters. The molecule has 0 bridgehead atoms. The normalized spacial score (nSPS) is 16.1. The van der Waals surface area contributed by atoms with E-state index in [0.717, 1.165) is 0 Å². The molecule has 7 nitrogen and oxygen atoms in total. The van der Waals surface area contributed by atoms with E-state index in [2.05, 4.69) is 17.2 Å². The second-order valence-electron chi connectivity index (χ2n) is 5.22. The highest BCUT2D eigenvalue weighted by Crippen LogP contribution is 2.35. The first-order chi connectivity index (χ1) is 9.67. The Balaban J connectivity index is 2.07. The second kappa shape index (κ2) is 6.81. The van der Waals surface area contributed by atoms with Crippen molar-refractivity contribution >= 4 is 5.91 Å². The molecule has 0 spiro atoms. The molecule has 0 radical (unpaired) electrons. The minimum Gasteiger partial charge on any atom is -0.383 e. The Morgan fingerprint density at radius 3 is 3.00 bits per heavy atom. The Morgan fingerprint density at radius 1 is 1.65 bits per heavy atom. The van der Waals surface area contributed by atoms with Gasteiger partial charge in [0.25, 0.3) is 5.91 Å². The van der Waals surface area contributed by atoms with Gasteiger partial charge in [-0.25, -0.2) is 0 Å². The van der Waals surface area contributed by atoms with Crippen molar-refractivity contribution in [2.45, 2.75) is 32.4 Å². The summed E-state index contributed by atoms with van der Waals surface area (Å²) < 4.78 is 6.70. The average Bonchev–Trinajstić information content (AvgIpc) is 3.19. The highest BCUT2D eigenvalue weighted by molar-refractivity contribution is 5.92. The third kappa shape index (κ3) is 3.55. The van der Waals surface area contributed by atoms with Gasteiger partial charge in [0.05, 0.1) is 19.3 Å². The Bertz CT molecular complexity index is 444. The maximum Gasteiger partial charge on any atom is 0.276 e. The van der Waals surface area contributed by atoms with E-state index in [9.17, 15) is 4.79 Å². The fourth-order valence-electron chi connectivity index (χ4n) is 2.30. The number of hydrogen-bond donors (Lipinski definition) is 1. The standard InChI is InChI=1S/C13H23N5O2/c1-10(11-3-4-11)18(7-8-20-2)13(19)12-9-17(6-5-14)16-15-12/h9-11H,3-8,14H2,1-2H3. The number of methoxy groups -OCH3 is 1. The number of ether oxygens (including phenoxy) is 1. The zero-order valence-electron chi connectivity index (χ0n) is 12.2. The lowest BCUT2D eigenvalue weighted by atomic mass is 10.1. The van der Waals surface area contributed by atoms with Crippen LogP contribution in [-0.2, 0) is 11.3 Å². The minimum atomic E-state index is -0.0790. The van der Waals surface area contributed by atoms with E-state index in [1.165, 1.54) is 12.8 Å². The quantitative estimate of drug-likeness (QED) is 0.731. The predicted octanol–water partition coefficient (Wildman–Crippen LogP) is 0.124. The summed E-state index contributed by atoms with van der Waals surface area (Å²) in [6.45, 7) is 4.24. The van der Waals surface area contributed by atoms with Crippen molar-refractivity contribution in [2.24, 2.45) is 11.7 Å². The molecule has 1 aromatic rings. The molecule has 1 heterocycles. The van der Waals surface area contributed by atoms with Gasteiger partial charge in [-0.05, 0) is 25.7 Å². The highest BCUT2D eigenvalue weighted by atomic mass is 16.5. The molecular weight excluding hydrogens is 258 g/mol. The van der Waals surface area contributed by atoms with Crippen molar-refractivity contribution in [1.82, 2.24) is 19.9 Å². The van der Waals surface area contributed by atoms with Crippen LogP contribution in [-0.4, -0.2) is 58.6 Å². The van der Waals surface area contributed by atoms with Crippen LogP contribution in [0.4, 0.5) is 0 Å². The van der Waals surface area contributed by atoms with Crippen LogP contribution >= 0.6 is 0 Å². The maximum atomic E-state index is 12.6. The average molecular weight is 281 g/mol. The number of aromatic nitrogens is 3. The molecular formula is C13H23N5O2. The number of carbonyl (C=O) groups is 1. The minimum absolute atomic E-state index is 0.0790. The van der Waals surface area contributed by atoms with Crippen LogP contribution in [0.3, 0.4) is 0 Å². The summed E-state index contributed by atoms with van der Waals surface area (Å²) in [7, 11) is 1.64. The molecule has 1 aliphatic carbocycles. The van der Waals surface area contributed by atoms with E-state index in [4.69, 9.17) is 10.5 Å². The summed E-state index contributed by atoms with van der Waals surface area (Å²) in [6.07, 6.45) is 4.05. The van der Waals surface area contributed by atoms with Crippen molar-refractivity contribution in [3.8, 4) is 0 Å². The maximum absolute atomic E-state index is 12.6. The van der Waals surface area contributed by atoms with Gasteiger partial charge < -0.3 is 15.4 Å². The number of amides is 1. The third-order valence-corrected chi connectivity index (χ3v) is 3.71. The van der Waals surface area contributed by atoms with E-state index in [1.807, 2.05) is 4.90 Å². The van der Waals surface area contributed by atoms with Gasteiger partial charge in [-0.2, -0.15) is 0 Å². The predicted molar refractivity (Wildman–Crippen MR) is 74.2 cm³/mol. The van der Waals surface area contributed by atoms with Gasteiger partial charge in [0.2, 0.25) is 0 Å². The molecule has 1 fully saturated rings. The lowest BCUT2D eigenvalue weighted by Gasteiger charge is -2.28. The molecule has 1 aliphatic rings. The summed E-state index contributed by atoms with van der Waals surface area (Å²) in [5, 5.41) is 7.87. The van der Waals surface area contributed by atoms with Gasteiger partial charge in [0, 0.05) is 26.2 Å². The van der Waals surface area contributed by atoms with Crippen LogP contribution in [0, 0.1) is 5.92 Å². The number of carbonyl (C=O) groups excluding carboxylic acids is 1. The molecule has 7 heteroatoms. The van der Waals surface area contributed by atoms with E-state index in [1.54, 1.807) is 18.0 Å². The van der Waals surface area contributed by atoms with Crippen LogP contribution in [0.2, 0.25) is 0 Å². The first-order valence-corrected chi connectivity index (χ1v) is 7.07. The third-order valence-electron chi connectivity index (χ3n) is 3.71. The van der Waals surface area contributed by atoms with E-state index >= 15 is 0 Å². The fourth-order valence-corrected chi connectivity index (χ4v) is 2.30. The van der Waals surface area contributed by atoms with Crippen LogP contribution in [0.25, 0.3) is 0 Å². The molecule has 0 aliphatic heterocycles. The first kappa shape index (κ1) is 14.9. The van der Waals surface area contributed by atoms with Crippen molar-refractivity contribution in [1.29, 1.82) is 0 Å². The fraction of sp³-hybridized carbons (Fsp3) is 0.769. The van der Waals surface area contributed by atoms with Crippen LogP contribution in [0.1, 0.15) is 30.3 Å². The summed E-state index contributed by atoms with van der Waals surface area (Å²) in [5.74, 6) is 0.527. The highest BCUT2D eigenvalue weighted by Gasteiger charge is 2.35. The van der Waals surface area contributed by atoms with Crippen molar-refractivity contribution in [3.05, 3.63) is 11.9 Å². The summed E-state index contributed by atoms with van der Waals surface area (Å²) in [4.78, 5) is 14.4. The summed E-state index contributed by atoms with van der Waals surface area (Å²) in [6, 6.07) is 0.220. The molecule has 0 aromatic carbocycles. The van der Waals surface area contributed by atoms with E-state index < -0.39 is 0 Å². The Kier molecular flexibility index (Phi) is 5.08. The van der Waals surface area contributed by atoms with Gasteiger partial charge >= 0.3 is 0 Å². The van der Waals surface area contributed by atoms with Crippen LogP contribution < -0.4 is 5.73 Å². The number of nitrogens with two attached hydrogens (primary N) is 1. The Labute approximate surface area is 119 Å². The topological polar surface area (TPSA) is 86.3 Å². The molecule has 2 N–H and O–H groups in total. The smallest absolute Gasteiger partial charge is 0.276 e. The zero-order valence-corrected chi connectivity index (χ0v) is 12.2. The molecule has 112 valence electrons. The van der Waals surface area contributed by atoms with Gasteiger partial charge in [-0.3, -0.25) is 9.48 Å². The molecule has 1 atom stereocenters. The summed E-state index contributed by atoms with van der Waals surface area (Å²) in [5.41, 5.74) is 5.84. The lowest BCUT2D eigenvalue weighted by molar-refractivity contribution is 0.0588. The van der Waals surface area contributed by atoms with Crippen LogP contribution in [0.15, 0.2) is 6.20 Å². The summed E-state index contributed by atoms with van der Waals surface area (Å²) >= 11 is 0. The first-order valence-electron chi connectivity index (χ1n) is 7.07. The number of nitrogens with zero attached hydrogens (tertiary/aromatic N) is 4. The molecule has 1 amide bonds. The molecule has 2 rings (SSSR count). The molecule has 1 saturated carbocycles. The Morgan fingerprint density at radius 2 is 2.40 bits per heavy atom. The second-order valence-corrected chi connectivity index (χ2v) is 5.22. The molecule has 1 aromatic heterocycles. The molecule has 20 heavy (non-hydrogen) atoms. The van der Waals surface area contributed by atoms with Crippen molar-refractivity contribution in [2.75, 3.05) is 26.8 Å². The monoisotopic (exact) mass is 281 g/mol. The molecule has 0 saturated heterocycles. The lowest BCUT2D eigenvalue weighted by Crippen LogP contribution is -2.42. The van der Waals surface area contributed by atoms with Gasteiger partial charge in [0.1, 0.15) is 0 Å². The van der Waals surface area contributed by atoms with Crippen LogP contribution in [0.5, 0.6) is 0 Å². The van der Waals surface area contributed by atoms with E-state index in [-0.39, 0.29) is 11.9 Å².